The Morgan fingerprint density at radius 1 is 1.30 bits per heavy atom. The lowest BCUT2D eigenvalue weighted by molar-refractivity contribution is -0.128. The molecule has 6 heteroatoms. The molecule has 5 nitrogen and oxygen atoms in total. The maximum atomic E-state index is 13.6. The van der Waals surface area contributed by atoms with Crippen LogP contribution in [0.5, 0.6) is 5.75 Å². The molecule has 110 valence electrons. The summed E-state index contributed by atoms with van der Waals surface area (Å²) in [6, 6.07) is 2.90. The van der Waals surface area contributed by atoms with Crippen molar-refractivity contribution in [1.82, 2.24) is 4.90 Å². The molecule has 20 heavy (non-hydrogen) atoms. The molecule has 2 N–H and O–H groups in total. The number of amides is 1. The van der Waals surface area contributed by atoms with Crippen molar-refractivity contribution in [3.8, 4) is 5.75 Å². The average molecular weight is 281 g/mol. The Morgan fingerprint density at radius 2 is 2.05 bits per heavy atom. The molecule has 0 atom stereocenters. The molecule has 2 rings (SSSR count). The molecule has 1 saturated heterocycles. The third kappa shape index (κ3) is 2.95. The summed E-state index contributed by atoms with van der Waals surface area (Å²) in [5.74, 6) is -0.202. The first-order valence-electron chi connectivity index (χ1n) is 6.66. The molecule has 1 fully saturated rings. The highest BCUT2D eigenvalue weighted by Crippen LogP contribution is 2.31. The third-order valence-electron chi connectivity index (χ3n) is 3.58. The summed E-state index contributed by atoms with van der Waals surface area (Å²) in [4.78, 5) is 15.3. The van der Waals surface area contributed by atoms with Gasteiger partial charge in [0.05, 0.1) is 18.5 Å². The van der Waals surface area contributed by atoms with Gasteiger partial charge in [-0.15, -0.1) is 0 Å². The number of halogens is 1. The van der Waals surface area contributed by atoms with E-state index in [-0.39, 0.29) is 11.7 Å². The van der Waals surface area contributed by atoms with Crippen LogP contribution in [0.25, 0.3) is 0 Å². The van der Waals surface area contributed by atoms with Crippen molar-refractivity contribution in [3.05, 3.63) is 17.9 Å². The minimum absolute atomic E-state index is 0.0801. The lowest BCUT2D eigenvalue weighted by Crippen LogP contribution is -2.33. The Kier molecular flexibility index (Phi) is 4.32. The van der Waals surface area contributed by atoms with Crippen molar-refractivity contribution < 1.29 is 13.9 Å². The van der Waals surface area contributed by atoms with Gasteiger partial charge in [-0.05, 0) is 6.42 Å². The van der Waals surface area contributed by atoms with Gasteiger partial charge in [-0.2, -0.15) is 0 Å². The zero-order valence-corrected chi connectivity index (χ0v) is 11.9. The number of ether oxygens (including phenoxy) is 1. The van der Waals surface area contributed by atoms with Gasteiger partial charge in [0.15, 0.2) is 11.6 Å². The Bertz CT molecular complexity index is 507. The van der Waals surface area contributed by atoms with Crippen molar-refractivity contribution in [2.45, 2.75) is 13.3 Å². The topological polar surface area (TPSA) is 58.8 Å². The normalized spacial score (nSPS) is 15.9. The molecule has 1 aliphatic heterocycles. The number of nitrogen functional groups attached to an aromatic ring is 1. The maximum absolute atomic E-state index is 13.6. The standard InChI is InChI=1S/C14H20FN3O2/c1-10(19)17-4-3-5-18(7-6-17)13-9-14(20-2)11(15)8-12(13)16/h8-9H,3-7,16H2,1-2H3. The first kappa shape index (κ1) is 14.4. The zero-order valence-electron chi connectivity index (χ0n) is 11.9. The SMILES string of the molecule is COc1cc(N2CCCN(C(C)=O)CC2)c(N)cc1F. The molecule has 0 saturated carbocycles. The van der Waals surface area contributed by atoms with E-state index in [1.807, 2.05) is 4.90 Å². The van der Waals surface area contributed by atoms with Gasteiger partial charge in [-0.3, -0.25) is 4.79 Å². The van der Waals surface area contributed by atoms with E-state index in [9.17, 15) is 9.18 Å². The van der Waals surface area contributed by atoms with Crippen molar-refractivity contribution in [2.24, 2.45) is 0 Å². The van der Waals surface area contributed by atoms with Crippen LogP contribution in [0.2, 0.25) is 0 Å². The predicted molar refractivity (Wildman–Crippen MR) is 76.4 cm³/mol. The van der Waals surface area contributed by atoms with Gasteiger partial charge in [-0.1, -0.05) is 0 Å². The van der Waals surface area contributed by atoms with Crippen molar-refractivity contribution in [1.29, 1.82) is 0 Å². The Labute approximate surface area is 118 Å². The van der Waals surface area contributed by atoms with Crippen LogP contribution < -0.4 is 15.4 Å². The van der Waals surface area contributed by atoms with E-state index < -0.39 is 5.82 Å². The van der Waals surface area contributed by atoms with E-state index >= 15 is 0 Å². The van der Waals surface area contributed by atoms with Crippen LogP contribution in [0.4, 0.5) is 15.8 Å². The van der Waals surface area contributed by atoms with Crippen LogP contribution in [0.1, 0.15) is 13.3 Å². The number of benzene rings is 1. The van der Waals surface area contributed by atoms with Gasteiger partial charge < -0.3 is 20.3 Å². The molecule has 1 aromatic rings. The number of rotatable bonds is 2. The Hall–Kier alpha value is -1.98. The van der Waals surface area contributed by atoms with Gasteiger partial charge in [0.25, 0.3) is 0 Å². The van der Waals surface area contributed by atoms with Gasteiger partial charge in [-0.25, -0.2) is 4.39 Å². The molecule has 0 bridgehead atoms. The Balaban J connectivity index is 2.21. The quantitative estimate of drug-likeness (QED) is 0.834. The van der Waals surface area contributed by atoms with Crippen molar-refractivity contribution in [3.63, 3.8) is 0 Å². The number of anilines is 2. The molecular weight excluding hydrogens is 261 g/mol. The summed E-state index contributed by atoms with van der Waals surface area (Å²) >= 11 is 0. The molecule has 0 unspecified atom stereocenters. The van der Waals surface area contributed by atoms with Crippen LogP contribution >= 0.6 is 0 Å². The minimum Gasteiger partial charge on any atom is -0.494 e. The number of methoxy groups -OCH3 is 1. The smallest absolute Gasteiger partial charge is 0.219 e. The lowest BCUT2D eigenvalue weighted by atomic mass is 10.2. The number of nitrogens with zero attached hydrogens (tertiary/aromatic N) is 2. The first-order chi connectivity index (χ1) is 9.52. The van der Waals surface area contributed by atoms with Crippen LogP contribution in [0, 0.1) is 5.82 Å². The fraction of sp³-hybridized carbons (Fsp3) is 0.500. The summed E-state index contributed by atoms with van der Waals surface area (Å²) in [5.41, 5.74) is 7.05. The number of carbonyl (C=O) groups excluding carboxylic acids is 1. The van der Waals surface area contributed by atoms with E-state index in [2.05, 4.69) is 4.90 Å². The number of nitrogens with two attached hydrogens (primary N) is 1. The predicted octanol–water partition coefficient (Wildman–Crippen LogP) is 1.48. The maximum Gasteiger partial charge on any atom is 0.219 e. The second kappa shape index (κ2) is 5.98. The van der Waals surface area contributed by atoms with Crippen LogP contribution in [-0.2, 0) is 4.79 Å². The highest BCUT2D eigenvalue weighted by atomic mass is 19.1. The van der Waals surface area contributed by atoms with Gasteiger partial charge >= 0.3 is 0 Å². The number of hydrogen-bond donors (Lipinski definition) is 1. The van der Waals surface area contributed by atoms with Crippen LogP contribution in [0.3, 0.4) is 0 Å². The summed E-state index contributed by atoms with van der Waals surface area (Å²) in [5, 5.41) is 0. The van der Waals surface area contributed by atoms with E-state index in [1.165, 1.54) is 13.2 Å². The second-order valence-electron chi connectivity index (χ2n) is 4.89. The fourth-order valence-corrected chi connectivity index (χ4v) is 2.46. The second-order valence-corrected chi connectivity index (χ2v) is 4.89. The monoisotopic (exact) mass is 281 g/mol. The third-order valence-corrected chi connectivity index (χ3v) is 3.58. The highest BCUT2D eigenvalue weighted by molar-refractivity contribution is 5.74. The summed E-state index contributed by atoms with van der Waals surface area (Å²) in [7, 11) is 1.43. The van der Waals surface area contributed by atoms with Crippen molar-refractivity contribution >= 4 is 17.3 Å². The lowest BCUT2D eigenvalue weighted by Gasteiger charge is -2.25. The molecule has 1 heterocycles. The van der Waals surface area contributed by atoms with E-state index in [1.54, 1.807) is 13.0 Å². The molecule has 0 radical (unpaired) electrons. The fourth-order valence-electron chi connectivity index (χ4n) is 2.46. The van der Waals surface area contributed by atoms with Crippen molar-refractivity contribution in [2.75, 3.05) is 43.9 Å². The Morgan fingerprint density at radius 3 is 2.70 bits per heavy atom. The number of carbonyl (C=O) groups is 1. The number of hydrogen-bond acceptors (Lipinski definition) is 4. The first-order valence-corrected chi connectivity index (χ1v) is 6.66. The van der Waals surface area contributed by atoms with E-state index in [0.29, 0.717) is 18.8 Å². The van der Waals surface area contributed by atoms with Crippen LogP contribution in [0.15, 0.2) is 12.1 Å². The minimum atomic E-state index is -0.464. The molecule has 0 aromatic heterocycles. The molecule has 1 amide bonds. The average Bonchev–Trinajstić information content (AvgIpc) is 2.65. The van der Waals surface area contributed by atoms with E-state index in [0.717, 1.165) is 25.2 Å². The van der Waals surface area contributed by atoms with Gasteiger partial charge in [0.1, 0.15) is 0 Å². The van der Waals surface area contributed by atoms with Gasteiger partial charge in [0.2, 0.25) is 5.91 Å². The summed E-state index contributed by atoms with van der Waals surface area (Å²) in [6.07, 6.45) is 0.860. The zero-order chi connectivity index (χ0) is 14.7. The summed E-state index contributed by atoms with van der Waals surface area (Å²) < 4.78 is 18.6. The molecule has 0 spiro atoms. The van der Waals surface area contributed by atoms with Crippen LogP contribution in [-0.4, -0.2) is 44.1 Å². The van der Waals surface area contributed by atoms with Gasteiger partial charge in [0, 0.05) is 45.2 Å². The molecule has 1 aliphatic rings. The summed E-state index contributed by atoms with van der Waals surface area (Å²) in [6.45, 7) is 4.42. The molecule has 1 aromatic carbocycles. The highest BCUT2D eigenvalue weighted by Gasteiger charge is 2.19. The molecule has 0 aliphatic carbocycles. The largest absolute Gasteiger partial charge is 0.494 e. The molecular formula is C14H20FN3O2. The van der Waals surface area contributed by atoms with E-state index in [4.69, 9.17) is 10.5 Å².